The molecule has 2 N–H and O–H groups in total. The lowest BCUT2D eigenvalue weighted by atomic mass is 9.79. The molecule has 0 saturated heterocycles. The number of rotatable bonds is 9. The van der Waals surface area contributed by atoms with Gasteiger partial charge in [0.25, 0.3) is 0 Å². The Morgan fingerprint density at radius 3 is 2.57 bits per heavy atom. The molecule has 0 spiro atoms. The third kappa shape index (κ3) is 7.28. The van der Waals surface area contributed by atoms with Crippen molar-refractivity contribution in [3.63, 3.8) is 0 Å². The zero-order chi connectivity index (χ0) is 15.7. The molecule has 0 aliphatic heterocycles. The van der Waals surface area contributed by atoms with Crippen molar-refractivity contribution < 1.29 is 14.6 Å². The largest absolute Gasteiger partial charge is 0.388 e. The van der Waals surface area contributed by atoms with Gasteiger partial charge in [-0.3, -0.25) is 4.79 Å². The van der Waals surface area contributed by atoms with Gasteiger partial charge in [0.1, 0.15) is 0 Å². The average molecular weight is 299 g/mol. The lowest BCUT2D eigenvalue weighted by Crippen LogP contribution is -2.44. The van der Waals surface area contributed by atoms with E-state index < -0.39 is 5.60 Å². The van der Waals surface area contributed by atoms with Crippen molar-refractivity contribution in [2.75, 3.05) is 20.3 Å². The summed E-state index contributed by atoms with van der Waals surface area (Å²) < 4.78 is 4.97. The highest BCUT2D eigenvalue weighted by atomic mass is 16.5. The predicted octanol–water partition coefficient (Wildman–Crippen LogP) is 2.89. The summed E-state index contributed by atoms with van der Waals surface area (Å²) in [6.45, 7) is 4.79. The van der Waals surface area contributed by atoms with Crippen LogP contribution in [0.4, 0.5) is 0 Å². The number of hydrogen-bond donors (Lipinski definition) is 2. The molecule has 0 aromatic heterocycles. The van der Waals surface area contributed by atoms with Crippen molar-refractivity contribution in [2.45, 2.75) is 70.8 Å². The van der Waals surface area contributed by atoms with Crippen LogP contribution in [0.25, 0.3) is 0 Å². The summed E-state index contributed by atoms with van der Waals surface area (Å²) in [4.78, 5) is 12.2. The van der Waals surface area contributed by atoms with Crippen molar-refractivity contribution in [3.05, 3.63) is 0 Å². The van der Waals surface area contributed by atoms with Gasteiger partial charge in [-0.1, -0.05) is 26.2 Å². The zero-order valence-corrected chi connectivity index (χ0v) is 14.0. The summed E-state index contributed by atoms with van der Waals surface area (Å²) in [5.74, 6) is 1.07. The van der Waals surface area contributed by atoms with Crippen LogP contribution in [0, 0.1) is 11.8 Å². The first-order chi connectivity index (χ1) is 9.98. The monoisotopic (exact) mass is 299 g/mol. The Labute approximate surface area is 129 Å². The van der Waals surface area contributed by atoms with Crippen molar-refractivity contribution in [2.24, 2.45) is 11.8 Å². The van der Waals surface area contributed by atoms with E-state index in [0.29, 0.717) is 19.6 Å². The van der Waals surface area contributed by atoms with Gasteiger partial charge in [-0.05, 0) is 38.5 Å². The minimum Gasteiger partial charge on any atom is -0.388 e. The molecule has 4 heteroatoms. The fourth-order valence-corrected chi connectivity index (χ4v) is 3.04. The Morgan fingerprint density at radius 1 is 1.33 bits per heavy atom. The Hall–Kier alpha value is -0.610. The van der Waals surface area contributed by atoms with Gasteiger partial charge in [-0.15, -0.1) is 0 Å². The third-order valence-corrected chi connectivity index (χ3v) is 4.67. The summed E-state index contributed by atoms with van der Waals surface area (Å²) in [7, 11) is 1.62. The molecule has 1 rings (SSSR count). The minimum atomic E-state index is -0.885. The Kier molecular flexibility index (Phi) is 8.27. The molecule has 1 unspecified atom stereocenters. The van der Waals surface area contributed by atoms with Gasteiger partial charge < -0.3 is 15.2 Å². The van der Waals surface area contributed by atoms with Crippen LogP contribution in [0.3, 0.4) is 0 Å². The normalized spacial score (nSPS) is 25.3. The van der Waals surface area contributed by atoms with Crippen LogP contribution >= 0.6 is 0 Å². The quantitative estimate of drug-likeness (QED) is 0.688. The molecule has 1 aliphatic carbocycles. The maximum Gasteiger partial charge on any atom is 0.223 e. The van der Waals surface area contributed by atoms with E-state index in [-0.39, 0.29) is 11.8 Å². The molecule has 1 saturated carbocycles. The number of ether oxygens (including phenoxy) is 1. The molecule has 1 fully saturated rings. The second kappa shape index (κ2) is 9.42. The minimum absolute atomic E-state index is 0.113. The van der Waals surface area contributed by atoms with Gasteiger partial charge in [0.15, 0.2) is 0 Å². The fourth-order valence-electron chi connectivity index (χ4n) is 3.04. The third-order valence-electron chi connectivity index (χ3n) is 4.67. The van der Waals surface area contributed by atoms with E-state index >= 15 is 0 Å². The SMILES string of the molecule is CCCCC1CCC(C(=O)NCC(C)(O)CCOC)CC1. The predicted molar refractivity (Wildman–Crippen MR) is 85.1 cm³/mol. The van der Waals surface area contributed by atoms with Crippen LogP contribution < -0.4 is 5.32 Å². The average Bonchev–Trinajstić information content (AvgIpc) is 2.49. The van der Waals surface area contributed by atoms with Gasteiger partial charge in [-0.2, -0.15) is 0 Å². The highest BCUT2D eigenvalue weighted by Gasteiger charge is 2.28. The number of unbranched alkanes of at least 4 members (excludes halogenated alkanes) is 1. The fraction of sp³-hybridized carbons (Fsp3) is 0.941. The highest BCUT2D eigenvalue weighted by Crippen LogP contribution is 2.32. The molecule has 0 heterocycles. The summed E-state index contributed by atoms with van der Waals surface area (Å²) in [6.07, 6.45) is 8.78. The Morgan fingerprint density at radius 2 is 2.00 bits per heavy atom. The van der Waals surface area contributed by atoms with Crippen molar-refractivity contribution in [1.82, 2.24) is 5.32 Å². The van der Waals surface area contributed by atoms with E-state index in [0.717, 1.165) is 18.8 Å². The second-order valence-electron chi connectivity index (χ2n) is 6.82. The van der Waals surface area contributed by atoms with Gasteiger partial charge in [-0.25, -0.2) is 0 Å². The van der Waals surface area contributed by atoms with E-state index in [1.807, 2.05) is 0 Å². The van der Waals surface area contributed by atoms with Crippen LogP contribution in [-0.2, 0) is 9.53 Å². The zero-order valence-electron chi connectivity index (χ0n) is 14.0. The Bertz CT molecular complexity index is 296. The molecule has 21 heavy (non-hydrogen) atoms. The number of hydrogen-bond acceptors (Lipinski definition) is 3. The molecule has 4 nitrogen and oxygen atoms in total. The summed E-state index contributed by atoms with van der Waals surface area (Å²) in [6, 6.07) is 0. The van der Waals surface area contributed by atoms with Gasteiger partial charge >= 0.3 is 0 Å². The number of carbonyl (C=O) groups excluding carboxylic acids is 1. The first-order valence-electron chi connectivity index (χ1n) is 8.47. The van der Waals surface area contributed by atoms with Gasteiger partial charge in [0, 0.05) is 32.6 Å². The molecule has 0 aromatic carbocycles. The number of methoxy groups -OCH3 is 1. The number of carbonyl (C=O) groups is 1. The van der Waals surface area contributed by atoms with Crippen LogP contribution in [0.15, 0.2) is 0 Å². The van der Waals surface area contributed by atoms with E-state index in [1.165, 1.54) is 32.1 Å². The molecular weight excluding hydrogens is 266 g/mol. The first kappa shape index (κ1) is 18.4. The lowest BCUT2D eigenvalue weighted by Gasteiger charge is -2.29. The van der Waals surface area contributed by atoms with Crippen LogP contribution in [0.1, 0.15) is 65.2 Å². The summed E-state index contributed by atoms with van der Waals surface area (Å²) in [5.41, 5.74) is -0.885. The number of amides is 1. The maximum atomic E-state index is 12.2. The highest BCUT2D eigenvalue weighted by molar-refractivity contribution is 5.78. The first-order valence-corrected chi connectivity index (χ1v) is 8.47. The number of aliphatic hydroxyl groups is 1. The molecule has 1 aliphatic rings. The summed E-state index contributed by atoms with van der Waals surface area (Å²) >= 11 is 0. The van der Waals surface area contributed by atoms with E-state index in [2.05, 4.69) is 12.2 Å². The lowest BCUT2D eigenvalue weighted by molar-refractivity contribution is -0.127. The van der Waals surface area contributed by atoms with Crippen LogP contribution in [0.5, 0.6) is 0 Å². The van der Waals surface area contributed by atoms with Gasteiger partial charge in [0.05, 0.1) is 5.60 Å². The van der Waals surface area contributed by atoms with Crippen molar-refractivity contribution >= 4 is 5.91 Å². The van der Waals surface area contributed by atoms with Crippen molar-refractivity contribution in [1.29, 1.82) is 0 Å². The molecular formula is C17H33NO3. The van der Waals surface area contributed by atoms with E-state index in [1.54, 1.807) is 14.0 Å². The van der Waals surface area contributed by atoms with E-state index in [9.17, 15) is 9.90 Å². The molecule has 1 atom stereocenters. The summed E-state index contributed by atoms with van der Waals surface area (Å²) in [5, 5.41) is 13.1. The Balaban J connectivity index is 2.24. The van der Waals surface area contributed by atoms with Crippen LogP contribution in [0.2, 0.25) is 0 Å². The smallest absolute Gasteiger partial charge is 0.223 e. The molecule has 0 bridgehead atoms. The maximum absolute atomic E-state index is 12.2. The standard InChI is InChI=1S/C17H33NO3/c1-4-5-6-14-7-9-15(10-8-14)16(19)18-13-17(2,20)11-12-21-3/h14-15,20H,4-13H2,1-3H3,(H,18,19). The van der Waals surface area contributed by atoms with Crippen molar-refractivity contribution in [3.8, 4) is 0 Å². The second-order valence-corrected chi connectivity index (χ2v) is 6.82. The van der Waals surface area contributed by atoms with Crippen LogP contribution in [-0.4, -0.2) is 36.9 Å². The molecule has 1 amide bonds. The number of nitrogens with one attached hydrogen (secondary N) is 1. The molecule has 0 aromatic rings. The molecule has 124 valence electrons. The molecule has 0 radical (unpaired) electrons. The topological polar surface area (TPSA) is 58.6 Å². The van der Waals surface area contributed by atoms with E-state index in [4.69, 9.17) is 4.74 Å². The van der Waals surface area contributed by atoms with Gasteiger partial charge in [0.2, 0.25) is 5.91 Å².